The Morgan fingerprint density at radius 3 is 2.37 bits per heavy atom. The highest BCUT2D eigenvalue weighted by molar-refractivity contribution is 5.79. The number of aliphatic hydroxyl groups excluding tert-OH is 1. The predicted molar refractivity (Wildman–Crippen MR) is 79.8 cm³/mol. The Balaban J connectivity index is 2.00. The highest BCUT2D eigenvalue weighted by Gasteiger charge is 2.05. The highest BCUT2D eigenvalue weighted by atomic mass is 16.3. The number of nitrogens with zero attached hydrogens (tertiary/aromatic N) is 1. The molecule has 0 fully saturated rings. The molecule has 2 aromatic carbocycles. The van der Waals surface area contributed by atoms with Crippen molar-refractivity contribution in [1.82, 2.24) is 0 Å². The number of rotatable bonds is 5. The maximum Gasteiger partial charge on any atom is 0.0770 e. The van der Waals surface area contributed by atoms with E-state index < -0.39 is 0 Å². The van der Waals surface area contributed by atoms with Crippen LogP contribution in [0.15, 0.2) is 59.6 Å². The van der Waals surface area contributed by atoms with Crippen LogP contribution in [0, 0.1) is 6.92 Å². The molecule has 0 spiro atoms. The molecule has 2 nitrogen and oxygen atoms in total. The Labute approximate surface area is 114 Å². The number of aliphatic hydroxyl groups is 1. The Bertz CT molecular complexity index is 517. The van der Waals surface area contributed by atoms with Crippen molar-refractivity contribution in [1.29, 1.82) is 0 Å². The fraction of sp³-hybridized carbons (Fsp3) is 0.235. The summed E-state index contributed by atoms with van der Waals surface area (Å²) in [5, 5.41) is 9.40. The molecule has 0 saturated carbocycles. The van der Waals surface area contributed by atoms with Crippen molar-refractivity contribution in [3.63, 3.8) is 0 Å². The second-order valence-electron chi connectivity index (χ2n) is 4.71. The Morgan fingerprint density at radius 2 is 1.74 bits per heavy atom. The lowest BCUT2D eigenvalue weighted by atomic mass is 10.1. The first-order valence-electron chi connectivity index (χ1n) is 6.52. The zero-order valence-electron chi connectivity index (χ0n) is 11.2. The summed E-state index contributed by atoms with van der Waals surface area (Å²) in [6.07, 6.45) is 2.60. The number of aliphatic imine (C=N–C) groups is 1. The van der Waals surface area contributed by atoms with Crippen molar-refractivity contribution in [2.24, 2.45) is 4.99 Å². The molecule has 0 bridgehead atoms. The lowest BCUT2D eigenvalue weighted by molar-refractivity contribution is 0.266. The molecule has 0 aliphatic rings. The van der Waals surface area contributed by atoms with Crippen LogP contribution in [0.2, 0.25) is 0 Å². The molecule has 1 atom stereocenters. The van der Waals surface area contributed by atoms with Gasteiger partial charge in [0, 0.05) is 6.21 Å². The standard InChI is InChI=1S/C17H19NO/c1-14-7-9-16(10-8-14)12-18-17(13-19)11-15-5-3-2-4-6-15/h2-10,12,17,19H,11,13H2,1H3/t17-/m1/s1. The van der Waals surface area contributed by atoms with Crippen molar-refractivity contribution in [3.8, 4) is 0 Å². The normalized spacial score (nSPS) is 12.7. The molecule has 2 aromatic rings. The van der Waals surface area contributed by atoms with Gasteiger partial charge < -0.3 is 5.11 Å². The van der Waals surface area contributed by atoms with Crippen molar-refractivity contribution < 1.29 is 5.11 Å². The monoisotopic (exact) mass is 253 g/mol. The first-order chi connectivity index (χ1) is 9.28. The van der Waals surface area contributed by atoms with Crippen LogP contribution in [0.1, 0.15) is 16.7 Å². The van der Waals surface area contributed by atoms with Gasteiger partial charge in [0.2, 0.25) is 0 Å². The van der Waals surface area contributed by atoms with Gasteiger partial charge in [0.25, 0.3) is 0 Å². The van der Waals surface area contributed by atoms with Gasteiger partial charge in [0.15, 0.2) is 0 Å². The fourth-order valence-electron chi connectivity index (χ4n) is 1.89. The quantitative estimate of drug-likeness (QED) is 0.816. The number of hydrogen-bond acceptors (Lipinski definition) is 2. The Kier molecular flexibility index (Phi) is 4.87. The van der Waals surface area contributed by atoms with E-state index in [0.29, 0.717) is 0 Å². The predicted octanol–water partition coefficient (Wildman–Crippen LogP) is 3.02. The summed E-state index contributed by atoms with van der Waals surface area (Å²) in [5.41, 5.74) is 3.50. The van der Waals surface area contributed by atoms with Gasteiger partial charge in [-0.15, -0.1) is 0 Å². The summed E-state index contributed by atoms with van der Waals surface area (Å²) in [7, 11) is 0. The zero-order valence-corrected chi connectivity index (χ0v) is 11.2. The molecule has 0 aromatic heterocycles. The maximum atomic E-state index is 9.40. The summed E-state index contributed by atoms with van der Waals surface area (Å²) in [6.45, 7) is 2.13. The third-order valence-electron chi connectivity index (χ3n) is 3.04. The van der Waals surface area contributed by atoms with E-state index in [2.05, 4.69) is 36.2 Å². The summed E-state index contributed by atoms with van der Waals surface area (Å²) in [5.74, 6) is 0. The first kappa shape index (κ1) is 13.5. The molecule has 19 heavy (non-hydrogen) atoms. The smallest absolute Gasteiger partial charge is 0.0770 e. The minimum absolute atomic E-state index is 0.0667. The minimum atomic E-state index is -0.0799. The van der Waals surface area contributed by atoms with E-state index >= 15 is 0 Å². The third-order valence-corrected chi connectivity index (χ3v) is 3.04. The molecule has 2 heteroatoms. The molecule has 0 amide bonds. The molecule has 0 saturated heterocycles. The van der Waals surface area contributed by atoms with Crippen LogP contribution in [0.4, 0.5) is 0 Å². The van der Waals surface area contributed by atoms with Gasteiger partial charge in [0.05, 0.1) is 12.6 Å². The van der Waals surface area contributed by atoms with Crippen LogP contribution in [0.3, 0.4) is 0 Å². The lowest BCUT2D eigenvalue weighted by Gasteiger charge is -2.09. The molecule has 0 unspecified atom stereocenters. The van der Waals surface area contributed by atoms with Crippen molar-refractivity contribution in [3.05, 3.63) is 71.3 Å². The number of hydrogen-bond donors (Lipinski definition) is 1. The summed E-state index contributed by atoms with van der Waals surface area (Å²) >= 11 is 0. The SMILES string of the molecule is Cc1ccc(C=N[C@@H](CO)Cc2ccccc2)cc1. The van der Waals surface area contributed by atoms with Gasteiger partial charge in [0.1, 0.15) is 0 Å². The largest absolute Gasteiger partial charge is 0.394 e. The van der Waals surface area contributed by atoms with Crippen LogP contribution in [0.25, 0.3) is 0 Å². The van der Waals surface area contributed by atoms with Crippen molar-refractivity contribution in [2.45, 2.75) is 19.4 Å². The Hall–Kier alpha value is -1.93. The van der Waals surface area contributed by atoms with Crippen LogP contribution in [-0.2, 0) is 6.42 Å². The van der Waals surface area contributed by atoms with Crippen LogP contribution in [-0.4, -0.2) is 24.0 Å². The summed E-state index contributed by atoms with van der Waals surface area (Å²) in [6, 6.07) is 18.2. The molecule has 98 valence electrons. The second kappa shape index (κ2) is 6.86. The van der Waals surface area contributed by atoms with Gasteiger partial charge in [-0.25, -0.2) is 0 Å². The zero-order chi connectivity index (χ0) is 13.5. The fourth-order valence-corrected chi connectivity index (χ4v) is 1.89. The lowest BCUT2D eigenvalue weighted by Crippen LogP contribution is -2.14. The van der Waals surface area contributed by atoms with E-state index in [4.69, 9.17) is 0 Å². The molecular weight excluding hydrogens is 234 g/mol. The molecule has 0 heterocycles. The van der Waals surface area contributed by atoms with Gasteiger partial charge in [-0.2, -0.15) is 0 Å². The van der Waals surface area contributed by atoms with Crippen molar-refractivity contribution >= 4 is 6.21 Å². The maximum absolute atomic E-state index is 9.40. The molecule has 0 aliphatic carbocycles. The number of aryl methyl sites for hydroxylation is 1. The van der Waals surface area contributed by atoms with Crippen LogP contribution < -0.4 is 0 Å². The highest BCUT2D eigenvalue weighted by Crippen LogP contribution is 2.06. The van der Waals surface area contributed by atoms with E-state index in [0.717, 1.165) is 12.0 Å². The molecule has 0 radical (unpaired) electrons. The van der Waals surface area contributed by atoms with Crippen molar-refractivity contribution in [2.75, 3.05) is 6.61 Å². The molecule has 2 rings (SSSR count). The topological polar surface area (TPSA) is 32.6 Å². The third kappa shape index (κ3) is 4.34. The van der Waals surface area contributed by atoms with E-state index in [1.807, 2.05) is 36.5 Å². The van der Waals surface area contributed by atoms with Crippen LogP contribution in [0.5, 0.6) is 0 Å². The van der Waals surface area contributed by atoms with E-state index in [9.17, 15) is 5.11 Å². The van der Waals surface area contributed by atoms with E-state index in [1.165, 1.54) is 11.1 Å². The van der Waals surface area contributed by atoms with Gasteiger partial charge >= 0.3 is 0 Å². The summed E-state index contributed by atoms with van der Waals surface area (Å²) < 4.78 is 0. The van der Waals surface area contributed by atoms with Gasteiger partial charge in [-0.05, 0) is 24.5 Å². The summed E-state index contributed by atoms with van der Waals surface area (Å²) in [4.78, 5) is 4.46. The first-order valence-corrected chi connectivity index (χ1v) is 6.52. The molecular formula is C17H19NO. The van der Waals surface area contributed by atoms with Gasteiger partial charge in [-0.1, -0.05) is 60.2 Å². The average molecular weight is 253 g/mol. The minimum Gasteiger partial charge on any atom is -0.394 e. The average Bonchev–Trinajstić information content (AvgIpc) is 2.46. The molecule has 1 N–H and O–H groups in total. The molecule has 0 aliphatic heterocycles. The van der Waals surface area contributed by atoms with Crippen LogP contribution >= 0.6 is 0 Å². The Morgan fingerprint density at radius 1 is 1.05 bits per heavy atom. The van der Waals surface area contributed by atoms with E-state index in [-0.39, 0.29) is 12.6 Å². The van der Waals surface area contributed by atoms with Gasteiger partial charge in [-0.3, -0.25) is 4.99 Å². The number of benzene rings is 2. The van der Waals surface area contributed by atoms with E-state index in [1.54, 1.807) is 0 Å². The second-order valence-corrected chi connectivity index (χ2v) is 4.71.